The van der Waals surface area contributed by atoms with Gasteiger partial charge in [-0.25, -0.2) is 4.98 Å². The summed E-state index contributed by atoms with van der Waals surface area (Å²) in [4.78, 5) is 14.1. The molecule has 0 aliphatic carbocycles. The van der Waals surface area contributed by atoms with Gasteiger partial charge in [0, 0.05) is 11.4 Å². The topological polar surface area (TPSA) is 91.3 Å². The van der Waals surface area contributed by atoms with Gasteiger partial charge in [0.05, 0.1) is 21.7 Å². The molecule has 2 rings (SSSR count). The number of rotatable bonds is 4. The van der Waals surface area contributed by atoms with Gasteiger partial charge >= 0.3 is 0 Å². The Bertz CT molecular complexity index is 587. The van der Waals surface area contributed by atoms with Crippen LogP contribution in [0.1, 0.15) is 5.69 Å². The summed E-state index contributed by atoms with van der Waals surface area (Å²) in [5.74, 6) is 0.248. The van der Waals surface area contributed by atoms with Gasteiger partial charge in [-0.05, 0) is 6.07 Å². The van der Waals surface area contributed by atoms with Gasteiger partial charge in [-0.3, -0.25) is 10.1 Å². The van der Waals surface area contributed by atoms with Gasteiger partial charge in [-0.1, -0.05) is 11.6 Å². The molecule has 2 aromatic rings. The summed E-state index contributed by atoms with van der Waals surface area (Å²) < 4.78 is 5.38. The van der Waals surface area contributed by atoms with Gasteiger partial charge in [0.15, 0.2) is 5.13 Å². The molecule has 1 aromatic carbocycles. The number of nitrogens with two attached hydrogens (primary N) is 1. The van der Waals surface area contributed by atoms with Crippen molar-refractivity contribution in [1.29, 1.82) is 0 Å². The standard InChI is InChI=1S/C10H8ClN3O3S/c11-8-2-1-7(14(15)16)3-9(8)17-4-6-5-18-10(12)13-6/h1-3,5H,4H2,(H2,12,13). The lowest BCUT2D eigenvalue weighted by Crippen LogP contribution is -1.98. The van der Waals surface area contributed by atoms with Crippen LogP contribution in [0, 0.1) is 10.1 Å². The van der Waals surface area contributed by atoms with Crippen LogP contribution in [0.15, 0.2) is 23.6 Å². The summed E-state index contributed by atoms with van der Waals surface area (Å²) in [6, 6.07) is 4.01. The van der Waals surface area contributed by atoms with Crippen LogP contribution in [0.2, 0.25) is 5.02 Å². The number of nitrogens with zero attached hydrogens (tertiary/aromatic N) is 2. The number of non-ortho nitro benzene ring substituents is 1. The number of nitrogen functional groups attached to an aromatic ring is 1. The van der Waals surface area contributed by atoms with Gasteiger partial charge in [0.2, 0.25) is 0 Å². The highest BCUT2D eigenvalue weighted by molar-refractivity contribution is 7.13. The van der Waals surface area contributed by atoms with Crippen LogP contribution >= 0.6 is 22.9 Å². The van der Waals surface area contributed by atoms with E-state index in [2.05, 4.69) is 4.98 Å². The number of thiazole rings is 1. The third-order valence-electron chi connectivity index (χ3n) is 2.07. The van der Waals surface area contributed by atoms with Crippen molar-refractivity contribution in [3.8, 4) is 5.75 Å². The van der Waals surface area contributed by atoms with Crippen LogP contribution in [0.25, 0.3) is 0 Å². The van der Waals surface area contributed by atoms with E-state index in [1.807, 2.05) is 0 Å². The number of ether oxygens (including phenoxy) is 1. The molecule has 1 aromatic heterocycles. The maximum absolute atomic E-state index is 10.6. The summed E-state index contributed by atoms with van der Waals surface area (Å²) in [6.45, 7) is 0.161. The molecule has 0 saturated heterocycles. The number of aromatic nitrogens is 1. The normalized spacial score (nSPS) is 10.3. The molecule has 0 radical (unpaired) electrons. The lowest BCUT2D eigenvalue weighted by atomic mass is 10.3. The molecule has 8 heteroatoms. The van der Waals surface area contributed by atoms with Crippen molar-refractivity contribution in [3.05, 3.63) is 44.4 Å². The predicted octanol–water partition coefficient (Wildman–Crippen LogP) is 2.87. The van der Waals surface area contributed by atoms with Gasteiger partial charge in [-0.2, -0.15) is 0 Å². The van der Waals surface area contributed by atoms with Crippen molar-refractivity contribution in [2.24, 2.45) is 0 Å². The Hall–Kier alpha value is -1.86. The first-order valence-corrected chi connectivity index (χ1v) is 6.08. The monoisotopic (exact) mass is 285 g/mol. The maximum atomic E-state index is 10.6. The van der Waals surface area contributed by atoms with Crippen LogP contribution in [0.5, 0.6) is 5.75 Å². The molecule has 2 N–H and O–H groups in total. The lowest BCUT2D eigenvalue weighted by Gasteiger charge is -2.05. The molecule has 0 aliphatic heterocycles. The molecule has 1 heterocycles. The second kappa shape index (κ2) is 5.19. The molecule has 0 saturated carbocycles. The third-order valence-corrected chi connectivity index (χ3v) is 3.11. The molecule has 0 fully saturated rings. The van der Waals surface area contributed by atoms with Crippen molar-refractivity contribution in [2.75, 3.05) is 5.73 Å². The van der Waals surface area contributed by atoms with Crippen molar-refractivity contribution in [1.82, 2.24) is 4.98 Å². The van der Waals surface area contributed by atoms with E-state index >= 15 is 0 Å². The Balaban J connectivity index is 2.13. The molecule has 0 unspecified atom stereocenters. The second-order valence-electron chi connectivity index (χ2n) is 3.34. The van der Waals surface area contributed by atoms with E-state index in [-0.39, 0.29) is 18.0 Å². The number of hydrogen-bond donors (Lipinski definition) is 1. The number of benzene rings is 1. The van der Waals surface area contributed by atoms with E-state index in [1.165, 1.54) is 29.5 Å². The van der Waals surface area contributed by atoms with E-state index in [4.69, 9.17) is 22.1 Å². The summed E-state index contributed by atoms with van der Waals surface area (Å²) >= 11 is 7.18. The molecule has 0 amide bonds. The fraction of sp³-hybridized carbons (Fsp3) is 0.100. The largest absolute Gasteiger partial charge is 0.485 e. The Morgan fingerprint density at radius 3 is 2.94 bits per heavy atom. The Labute approximate surface area is 111 Å². The molecule has 0 bridgehead atoms. The fourth-order valence-corrected chi connectivity index (χ4v) is 1.98. The van der Waals surface area contributed by atoms with Crippen LogP contribution in [0.3, 0.4) is 0 Å². The fourth-order valence-electron chi connectivity index (χ4n) is 1.26. The SMILES string of the molecule is Nc1nc(COc2cc([N+](=O)[O-])ccc2Cl)cs1. The minimum atomic E-state index is -0.510. The zero-order chi connectivity index (χ0) is 13.1. The average Bonchev–Trinajstić information content (AvgIpc) is 2.74. The molecular weight excluding hydrogens is 278 g/mol. The van der Waals surface area contributed by atoms with E-state index in [9.17, 15) is 10.1 Å². The summed E-state index contributed by atoms with van der Waals surface area (Å²) in [7, 11) is 0. The van der Waals surface area contributed by atoms with E-state index < -0.39 is 4.92 Å². The maximum Gasteiger partial charge on any atom is 0.273 e. The van der Waals surface area contributed by atoms with E-state index in [0.717, 1.165) is 0 Å². The van der Waals surface area contributed by atoms with Gasteiger partial charge in [0.1, 0.15) is 12.4 Å². The number of halogens is 1. The Morgan fingerprint density at radius 2 is 2.33 bits per heavy atom. The average molecular weight is 286 g/mol. The van der Waals surface area contributed by atoms with E-state index in [1.54, 1.807) is 5.38 Å². The summed E-state index contributed by atoms with van der Waals surface area (Å²) in [5, 5.41) is 13.1. The molecule has 0 aliphatic rings. The molecule has 0 spiro atoms. The number of nitro groups is 1. The quantitative estimate of drug-likeness (QED) is 0.689. The first-order valence-electron chi connectivity index (χ1n) is 4.83. The van der Waals surface area contributed by atoms with Crippen molar-refractivity contribution in [3.63, 3.8) is 0 Å². The summed E-state index contributed by atoms with van der Waals surface area (Å²) in [6.07, 6.45) is 0. The number of anilines is 1. The summed E-state index contributed by atoms with van der Waals surface area (Å²) in [5.41, 5.74) is 6.05. The van der Waals surface area contributed by atoms with Gasteiger partial charge in [-0.15, -0.1) is 11.3 Å². The first-order chi connectivity index (χ1) is 8.56. The number of nitro benzene ring substituents is 1. The number of hydrogen-bond acceptors (Lipinski definition) is 6. The molecule has 94 valence electrons. The Kier molecular flexibility index (Phi) is 3.63. The molecule has 6 nitrogen and oxygen atoms in total. The van der Waals surface area contributed by atoms with Crippen LogP contribution in [0.4, 0.5) is 10.8 Å². The smallest absolute Gasteiger partial charge is 0.273 e. The van der Waals surface area contributed by atoms with Gasteiger partial charge in [0.25, 0.3) is 5.69 Å². The minimum absolute atomic E-state index is 0.0767. The van der Waals surface area contributed by atoms with Crippen LogP contribution < -0.4 is 10.5 Å². The van der Waals surface area contributed by atoms with Gasteiger partial charge < -0.3 is 10.5 Å². The first kappa shape index (κ1) is 12.6. The van der Waals surface area contributed by atoms with Crippen LogP contribution in [-0.2, 0) is 6.61 Å². The highest BCUT2D eigenvalue weighted by Crippen LogP contribution is 2.29. The third kappa shape index (κ3) is 2.88. The van der Waals surface area contributed by atoms with Crippen molar-refractivity contribution < 1.29 is 9.66 Å². The van der Waals surface area contributed by atoms with E-state index in [0.29, 0.717) is 15.8 Å². The lowest BCUT2D eigenvalue weighted by molar-refractivity contribution is -0.384. The van der Waals surface area contributed by atoms with Crippen molar-refractivity contribution in [2.45, 2.75) is 6.61 Å². The molecule has 18 heavy (non-hydrogen) atoms. The van der Waals surface area contributed by atoms with Crippen LogP contribution in [-0.4, -0.2) is 9.91 Å². The highest BCUT2D eigenvalue weighted by atomic mass is 35.5. The predicted molar refractivity (Wildman–Crippen MR) is 69.0 cm³/mol. The molecular formula is C10H8ClN3O3S. The molecule has 0 atom stereocenters. The zero-order valence-corrected chi connectivity index (χ0v) is 10.6. The zero-order valence-electron chi connectivity index (χ0n) is 9.00. The van der Waals surface area contributed by atoms with Crippen molar-refractivity contribution >= 4 is 33.8 Å². The second-order valence-corrected chi connectivity index (χ2v) is 4.63. The highest BCUT2D eigenvalue weighted by Gasteiger charge is 2.11. The Morgan fingerprint density at radius 1 is 1.56 bits per heavy atom. The minimum Gasteiger partial charge on any atom is -0.485 e.